The van der Waals surface area contributed by atoms with Crippen LogP contribution in [-0.4, -0.2) is 0 Å². The van der Waals surface area contributed by atoms with E-state index in [-0.39, 0.29) is 39.7 Å². The van der Waals surface area contributed by atoms with Gasteiger partial charge in [0.2, 0.25) is 22.8 Å². The van der Waals surface area contributed by atoms with E-state index >= 15 is 0 Å². The highest BCUT2D eigenvalue weighted by Crippen LogP contribution is 2.37. The first kappa shape index (κ1) is 46.8. The van der Waals surface area contributed by atoms with Gasteiger partial charge in [-0.05, 0) is 242 Å². The maximum Gasteiger partial charge on any atom is 0.213 e. The fourth-order valence-electron chi connectivity index (χ4n) is 12.6. The van der Waals surface area contributed by atoms with Gasteiger partial charge in [-0.2, -0.15) is 0 Å². The molecule has 510 valence electrons. The van der Waals surface area contributed by atoms with E-state index in [4.69, 9.17) is 34.3 Å². The van der Waals surface area contributed by atoms with E-state index in [1.807, 2.05) is 251 Å². The Kier molecular flexibility index (Phi) is 15.4. The van der Waals surface area contributed by atoms with Gasteiger partial charge in [0.05, 0.1) is 0 Å². The quantitative estimate of drug-likeness (QED) is 0.102. The lowest BCUT2D eigenvalue weighted by atomic mass is 9.90. The zero-order valence-electron chi connectivity index (χ0n) is 84.8. The van der Waals surface area contributed by atoms with Gasteiger partial charge in [0.1, 0.15) is 28.2 Å². The first-order valence-corrected chi connectivity index (χ1v) is 33.9. The average Bonchev–Trinajstić information content (AvgIpc) is 0.981. The molecule has 0 N–H and O–H groups in total. The van der Waals surface area contributed by atoms with Gasteiger partial charge in [0, 0.05) is 104 Å². The van der Waals surface area contributed by atoms with E-state index in [1.54, 1.807) is 99.6 Å². The lowest BCUT2D eigenvalue weighted by Gasteiger charge is -2.16. The summed E-state index contributed by atoms with van der Waals surface area (Å²) in [5, 5.41) is 0. The normalized spacial score (nSPS) is 15.8. The van der Waals surface area contributed by atoms with Crippen molar-refractivity contribution in [2.75, 3.05) is 0 Å². The highest BCUT2D eigenvalue weighted by molar-refractivity contribution is 5.81. The van der Waals surface area contributed by atoms with Crippen molar-refractivity contribution in [1.82, 2.24) is 0 Å². The molecule has 0 spiro atoms. The molecule has 9 aromatic carbocycles. The molecule has 4 heterocycles. The predicted octanol–water partition coefficient (Wildman–Crippen LogP) is 22.8. The van der Waals surface area contributed by atoms with Crippen LogP contribution in [0.25, 0.3) is 101 Å². The number of hydrogen-bond acceptors (Lipinski definition) is 0. The molecule has 13 aromatic rings. The van der Waals surface area contributed by atoms with Crippen molar-refractivity contribution in [2.45, 2.75) is 116 Å². The second-order valence-electron chi connectivity index (χ2n) is 26.3. The Morgan fingerprint density at radius 2 is 0.554 bits per heavy atom. The molecule has 0 amide bonds. The molecule has 0 unspecified atom stereocenters. The van der Waals surface area contributed by atoms with Crippen molar-refractivity contribution in [3.63, 3.8) is 0 Å². The van der Waals surface area contributed by atoms with Crippen LogP contribution in [0.2, 0.25) is 0 Å². The summed E-state index contributed by atoms with van der Waals surface area (Å²) in [7, 11) is 7.28. The molecule has 4 nitrogen and oxygen atoms in total. The topological polar surface area (TPSA) is 15.5 Å². The molecule has 0 fully saturated rings. The molecule has 0 saturated heterocycles. The summed E-state index contributed by atoms with van der Waals surface area (Å²) >= 11 is 0. The molecule has 101 heavy (non-hydrogen) atoms. The molecule has 0 radical (unpaired) electrons. The average molecular weight is 1350 g/mol. The number of pyridine rings is 4. The summed E-state index contributed by atoms with van der Waals surface area (Å²) in [5.41, 5.74) is 18.3. The van der Waals surface area contributed by atoms with Crippen LogP contribution in [-0.2, 0) is 40.9 Å². The number of aryl methyl sites for hydroxylation is 15. The summed E-state index contributed by atoms with van der Waals surface area (Å²) in [4.78, 5) is 0. The van der Waals surface area contributed by atoms with Crippen molar-refractivity contribution >= 4 is 0 Å². The van der Waals surface area contributed by atoms with Crippen LogP contribution in [0, 0.1) is 87.5 Å². The fourth-order valence-corrected chi connectivity index (χ4v) is 12.6. The van der Waals surface area contributed by atoms with Gasteiger partial charge in [-0.15, -0.1) is 0 Å². The number of hydrogen-bond donors (Lipinski definition) is 0. The number of rotatable bonds is 13. The Labute approximate surface area is 640 Å². The maximum absolute atomic E-state index is 8.88. The van der Waals surface area contributed by atoms with Crippen LogP contribution in [0.3, 0.4) is 0 Å². The molecular formula is C97H106N4+4. The van der Waals surface area contributed by atoms with Crippen molar-refractivity contribution < 1.29 is 52.5 Å². The smallest absolute Gasteiger partial charge is 0.201 e. The van der Waals surface area contributed by atoms with Crippen molar-refractivity contribution in [1.29, 1.82) is 0 Å². The summed E-state index contributed by atoms with van der Waals surface area (Å²) < 4.78 is 210. The van der Waals surface area contributed by atoms with Crippen molar-refractivity contribution in [2.24, 2.45) is 40.0 Å². The zero-order chi connectivity index (χ0) is 93.3. The third-order valence-corrected chi connectivity index (χ3v) is 17.8. The zero-order valence-corrected chi connectivity index (χ0v) is 59.8. The molecule has 0 atom stereocenters. The molecule has 0 aliphatic rings. The van der Waals surface area contributed by atoms with E-state index in [9.17, 15) is 0 Å². The molecule has 4 aromatic heterocycles. The Hall–Kier alpha value is -10.4. The SMILES string of the molecule is [2H]C([2H])([2H])c1cc(C)c(-c2cc(-c3ccccc3)c(C([2H])([2H])[2H])c[n+]2C)cc1-c1ccccc1.[2H]C([2H])([2H])c1cc(C)c(-c2cc(C([2H])([2H])C(C)C)c(C([2H])([2H])C(C)C)c[n+]2C)cc1-c1ccccc1.[2H]C([2H])([2H])c1cc(C)c(-c2cc(C([2H])([2H])[2H])c(C([2H])([2H])[2H])c[n+]2C)cc1-c1ccccc1.[2H]C([2H])([2H])c1cc(C)c(-c2cccc[n+]2C)cc1-c1ccccc1. The van der Waals surface area contributed by atoms with E-state index in [0.717, 1.165) is 78.1 Å². The molecule has 13 rings (SSSR count). The van der Waals surface area contributed by atoms with Crippen molar-refractivity contribution in [3.05, 3.63) is 334 Å². The van der Waals surface area contributed by atoms with Gasteiger partial charge in [-0.1, -0.05) is 204 Å². The van der Waals surface area contributed by atoms with Crippen molar-refractivity contribution in [3.8, 4) is 101 Å². The molecular weight excluding hydrogens is 1220 g/mol. The lowest BCUT2D eigenvalue weighted by Crippen LogP contribution is -2.32. The third kappa shape index (κ3) is 17.8. The van der Waals surface area contributed by atoms with Gasteiger partial charge >= 0.3 is 0 Å². The van der Waals surface area contributed by atoms with Crippen LogP contribution in [0.5, 0.6) is 0 Å². The van der Waals surface area contributed by atoms with Crippen LogP contribution in [0.1, 0.15) is 134 Å². The molecule has 0 aliphatic carbocycles. The highest BCUT2D eigenvalue weighted by atomic mass is 14.9. The Bertz CT molecular complexity index is 5940. The minimum absolute atomic E-state index is 0.197. The Morgan fingerprint density at radius 3 is 0.901 bits per heavy atom. The summed E-state index contributed by atoms with van der Waals surface area (Å²) in [6.45, 7) is -1.89. The minimum atomic E-state index is -2.62. The van der Waals surface area contributed by atoms with Crippen LogP contribution >= 0.6 is 0 Å². The number of aromatic nitrogens is 4. The molecule has 0 bridgehead atoms. The van der Waals surface area contributed by atoms with Gasteiger partial charge in [-0.25, -0.2) is 18.3 Å². The van der Waals surface area contributed by atoms with E-state index in [0.29, 0.717) is 67.0 Å². The maximum atomic E-state index is 8.88. The van der Waals surface area contributed by atoms with Crippen LogP contribution in [0.4, 0.5) is 0 Å². The fraction of sp³-hybridized carbons (Fsp3) is 0.237. The minimum Gasteiger partial charge on any atom is -0.201 e. The highest BCUT2D eigenvalue weighted by Gasteiger charge is 2.23. The second kappa shape index (κ2) is 33.2. The monoisotopic (exact) mass is 1350 g/mol. The van der Waals surface area contributed by atoms with Gasteiger partial charge in [-0.3, -0.25) is 0 Å². The Balaban J connectivity index is 0.000000177. The second-order valence-corrected chi connectivity index (χ2v) is 26.3. The van der Waals surface area contributed by atoms with E-state index < -0.39 is 60.7 Å². The third-order valence-electron chi connectivity index (χ3n) is 17.8. The standard InChI is InChI=1S/C28H36N.C27H26N.C22H24N.C20H20N/c1-19(2)13-24-16-28(29(7)18-25(24)14-20(3)4)27-17-26(21(5)15-22(27)6)23-11-9-8-10-12-23;1-19-15-20(2)26(16-24(19)22-11-7-5-8-12-22)27-17-25(21(3)18-28(27)4)23-13-9-6-10-14-23;1-15-12-22(23(5)14-18(15)4)21-13-20(16(2)11-17(21)3)19-9-7-6-8-10-19;1-15-13-16(2)19(20-11-7-8-12-21(20)3)14-18(15)17-9-5-4-6-10-17/h8-12,15-20H,13-14H2,1-7H3;5-18H,1-4H3;6-14H,1-5H3;4-14H,1-3H3/q4*+1/i5D3,13D2,14D2;1D3,3D3;1D3,2D3,4D3;1D3. The largest absolute Gasteiger partial charge is 0.213 e. The Morgan fingerprint density at radius 1 is 0.257 bits per heavy atom. The first-order valence-electron chi connectivity index (χ1n) is 46.4. The lowest BCUT2D eigenvalue weighted by molar-refractivity contribution is -0.661. The van der Waals surface area contributed by atoms with Crippen LogP contribution < -0.4 is 18.3 Å². The van der Waals surface area contributed by atoms with Crippen LogP contribution in [0.15, 0.2) is 261 Å². The number of nitrogens with zero attached hydrogens (tertiary/aromatic N) is 4. The number of benzene rings is 9. The predicted molar refractivity (Wildman–Crippen MR) is 429 cm³/mol. The van der Waals surface area contributed by atoms with E-state index in [1.165, 1.54) is 12.3 Å². The summed E-state index contributed by atoms with van der Waals surface area (Å²) in [6, 6.07) is 72.5. The summed E-state index contributed by atoms with van der Waals surface area (Å²) in [6.07, 6.45) is 3.17. The van der Waals surface area contributed by atoms with Gasteiger partial charge < -0.3 is 0 Å². The van der Waals surface area contributed by atoms with Gasteiger partial charge in [0.15, 0.2) is 24.8 Å². The molecule has 4 heteroatoms. The molecule has 0 aliphatic heterocycles. The van der Waals surface area contributed by atoms with Gasteiger partial charge in [0.25, 0.3) is 0 Å². The summed E-state index contributed by atoms with van der Waals surface area (Å²) in [5.74, 6) is -0.728. The molecule has 0 saturated carbocycles. The first-order chi connectivity index (χ1) is 58.4. The van der Waals surface area contributed by atoms with E-state index in [2.05, 4.69) is 0 Å².